The number of carbonyl (C=O) groups is 1. The fraction of sp³-hybridized carbons (Fsp3) is 0.750. The van der Waals surface area contributed by atoms with Crippen molar-refractivity contribution in [2.45, 2.75) is 33.0 Å². The topological polar surface area (TPSA) is 92.5 Å². The van der Waals surface area contributed by atoms with Gasteiger partial charge in [0, 0.05) is 6.54 Å². The molecule has 1 aliphatic heterocycles. The van der Waals surface area contributed by atoms with Gasteiger partial charge in [0.15, 0.2) is 0 Å². The number of aromatic nitrogens is 3. The zero-order valence-corrected chi connectivity index (χ0v) is 11.9. The quantitative estimate of drug-likeness (QED) is 0.778. The molecule has 2 amide bonds. The van der Waals surface area contributed by atoms with E-state index in [0.717, 1.165) is 11.4 Å². The number of hydrogen-bond donors (Lipinski definition) is 2. The van der Waals surface area contributed by atoms with Crippen LogP contribution < -0.4 is 5.32 Å². The highest BCUT2D eigenvalue weighted by Gasteiger charge is 2.26. The molecule has 1 atom stereocenters. The molecule has 0 spiro atoms. The fourth-order valence-electron chi connectivity index (χ4n) is 2.10. The van der Waals surface area contributed by atoms with Crippen LogP contribution in [0.5, 0.6) is 0 Å². The Morgan fingerprint density at radius 1 is 1.55 bits per heavy atom. The Balaban J connectivity index is 1.92. The highest BCUT2D eigenvalue weighted by Crippen LogP contribution is 2.07. The van der Waals surface area contributed by atoms with Crippen molar-refractivity contribution in [2.24, 2.45) is 0 Å². The van der Waals surface area contributed by atoms with Crippen molar-refractivity contribution in [3.63, 3.8) is 0 Å². The van der Waals surface area contributed by atoms with Crippen molar-refractivity contribution >= 4 is 6.03 Å². The lowest BCUT2D eigenvalue weighted by Gasteiger charge is -2.34. The molecule has 8 nitrogen and oxygen atoms in total. The summed E-state index contributed by atoms with van der Waals surface area (Å²) in [7, 11) is 0. The number of nitrogens with one attached hydrogen (secondary N) is 1. The van der Waals surface area contributed by atoms with Crippen LogP contribution in [0.1, 0.15) is 18.3 Å². The van der Waals surface area contributed by atoms with E-state index < -0.39 is 0 Å². The van der Waals surface area contributed by atoms with E-state index in [-0.39, 0.29) is 18.7 Å². The summed E-state index contributed by atoms with van der Waals surface area (Å²) >= 11 is 0. The summed E-state index contributed by atoms with van der Waals surface area (Å²) < 4.78 is 5.25. The molecule has 0 saturated carbocycles. The average molecular weight is 283 g/mol. The number of ether oxygens (including phenoxy) is 1. The minimum Gasteiger partial charge on any atom is -0.394 e. The van der Waals surface area contributed by atoms with Crippen LogP contribution in [0.15, 0.2) is 0 Å². The van der Waals surface area contributed by atoms with Gasteiger partial charge in [0.1, 0.15) is 5.69 Å². The summed E-state index contributed by atoms with van der Waals surface area (Å²) in [4.78, 5) is 15.3. The van der Waals surface area contributed by atoms with Gasteiger partial charge >= 0.3 is 6.03 Å². The van der Waals surface area contributed by atoms with Crippen molar-refractivity contribution in [3.05, 3.63) is 11.4 Å². The SMILES string of the molecule is CCn1nc(C)c(CNC(=O)N2CCOC[C@H]2CO)n1. The summed E-state index contributed by atoms with van der Waals surface area (Å²) in [5, 5.41) is 20.6. The van der Waals surface area contributed by atoms with Crippen LogP contribution >= 0.6 is 0 Å². The summed E-state index contributed by atoms with van der Waals surface area (Å²) in [6.45, 7) is 6.11. The second kappa shape index (κ2) is 6.67. The Bertz CT molecular complexity index is 462. The van der Waals surface area contributed by atoms with E-state index in [1.165, 1.54) is 0 Å². The second-order valence-corrected chi connectivity index (χ2v) is 4.68. The van der Waals surface area contributed by atoms with Gasteiger partial charge < -0.3 is 20.1 Å². The third kappa shape index (κ3) is 3.26. The highest BCUT2D eigenvalue weighted by atomic mass is 16.5. The molecule has 1 saturated heterocycles. The molecule has 1 fully saturated rings. The molecular weight excluding hydrogens is 262 g/mol. The number of morpholine rings is 1. The predicted molar refractivity (Wildman–Crippen MR) is 71.1 cm³/mol. The number of carbonyl (C=O) groups excluding carboxylic acids is 1. The minimum absolute atomic E-state index is 0.0987. The molecule has 1 aromatic rings. The van der Waals surface area contributed by atoms with Crippen LogP contribution in [0.2, 0.25) is 0 Å². The van der Waals surface area contributed by atoms with Crippen molar-refractivity contribution in [2.75, 3.05) is 26.4 Å². The molecule has 0 unspecified atom stereocenters. The van der Waals surface area contributed by atoms with E-state index in [9.17, 15) is 9.90 Å². The monoisotopic (exact) mass is 283 g/mol. The number of aryl methyl sites for hydroxylation is 2. The van der Waals surface area contributed by atoms with Crippen molar-refractivity contribution in [3.8, 4) is 0 Å². The van der Waals surface area contributed by atoms with Crippen molar-refractivity contribution < 1.29 is 14.6 Å². The first-order valence-electron chi connectivity index (χ1n) is 6.79. The van der Waals surface area contributed by atoms with Gasteiger partial charge in [0.2, 0.25) is 0 Å². The van der Waals surface area contributed by atoms with Gasteiger partial charge in [-0.2, -0.15) is 15.0 Å². The van der Waals surface area contributed by atoms with Gasteiger partial charge in [-0.3, -0.25) is 0 Å². The molecular formula is C12H21N5O3. The zero-order chi connectivity index (χ0) is 14.5. The number of aliphatic hydroxyl groups is 1. The largest absolute Gasteiger partial charge is 0.394 e. The van der Waals surface area contributed by atoms with Crippen LogP contribution in [-0.2, 0) is 17.8 Å². The van der Waals surface area contributed by atoms with Gasteiger partial charge in [0.05, 0.1) is 44.6 Å². The molecule has 1 aromatic heterocycles. The second-order valence-electron chi connectivity index (χ2n) is 4.68. The normalized spacial score (nSPS) is 19.1. The van der Waals surface area contributed by atoms with Crippen LogP contribution in [0.3, 0.4) is 0 Å². The van der Waals surface area contributed by atoms with E-state index in [1.54, 1.807) is 9.70 Å². The van der Waals surface area contributed by atoms with Crippen LogP contribution in [0.25, 0.3) is 0 Å². The lowest BCUT2D eigenvalue weighted by atomic mass is 10.2. The van der Waals surface area contributed by atoms with Gasteiger partial charge in [-0.1, -0.05) is 0 Å². The van der Waals surface area contributed by atoms with E-state index in [0.29, 0.717) is 32.8 Å². The van der Waals surface area contributed by atoms with Crippen LogP contribution in [-0.4, -0.2) is 63.4 Å². The number of rotatable bonds is 4. The van der Waals surface area contributed by atoms with E-state index >= 15 is 0 Å². The molecule has 8 heteroatoms. The maximum absolute atomic E-state index is 12.1. The molecule has 0 aliphatic carbocycles. The smallest absolute Gasteiger partial charge is 0.318 e. The third-order valence-electron chi connectivity index (χ3n) is 3.31. The molecule has 112 valence electrons. The molecule has 2 heterocycles. The summed E-state index contributed by atoms with van der Waals surface area (Å²) in [5.41, 5.74) is 1.57. The Morgan fingerprint density at radius 3 is 3.00 bits per heavy atom. The minimum atomic E-state index is -0.281. The van der Waals surface area contributed by atoms with Gasteiger partial charge in [-0.15, -0.1) is 0 Å². The molecule has 2 N–H and O–H groups in total. The Morgan fingerprint density at radius 2 is 2.35 bits per heavy atom. The van der Waals surface area contributed by atoms with E-state index in [4.69, 9.17) is 4.74 Å². The average Bonchev–Trinajstić information content (AvgIpc) is 2.85. The standard InChI is InChI=1S/C12H21N5O3/c1-3-17-14-9(2)11(15-17)6-13-12(19)16-4-5-20-8-10(16)7-18/h10,18H,3-8H2,1-2H3,(H,13,19)/t10-/m1/s1. The molecule has 2 rings (SSSR count). The van der Waals surface area contributed by atoms with Crippen LogP contribution in [0.4, 0.5) is 4.79 Å². The Kier molecular flexibility index (Phi) is 4.91. The maximum Gasteiger partial charge on any atom is 0.318 e. The lowest BCUT2D eigenvalue weighted by Crippen LogP contribution is -2.53. The fourth-order valence-corrected chi connectivity index (χ4v) is 2.10. The lowest BCUT2D eigenvalue weighted by molar-refractivity contribution is -0.00768. The van der Waals surface area contributed by atoms with E-state index in [1.807, 2.05) is 13.8 Å². The molecule has 20 heavy (non-hydrogen) atoms. The first kappa shape index (κ1) is 14.7. The zero-order valence-electron chi connectivity index (χ0n) is 11.9. The highest BCUT2D eigenvalue weighted by molar-refractivity contribution is 5.74. The number of aliphatic hydroxyl groups excluding tert-OH is 1. The molecule has 0 bridgehead atoms. The first-order chi connectivity index (χ1) is 9.65. The van der Waals surface area contributed by atoms with Gasteiger partial charge in [-0.25, -0.2) is 4.79 Å². The van der Waals surface area contributed by atoms with Gasteiger partial charge in [0.25, 0.3) is 0 Å². The van der Waals surface area contributed by atoms with Crippen LogP contribution in [0, 0.1) is 6.92 Å². The Hall–Kier alpha value is -1.67. The number of nitrogens with zero attached hydrogens (tertiary/aromatic N) is 4. The predicted octanol–water partition coefficient (Wildman–Crippen LogP) is -0.491. The van der Waals surface area contributed by atoms with Gasteiger partial charge in [-0.05, 0) is 13.8 Å². The summed E-state index contributed by atoms with van der Waals surface area (Å²) in [6.07, 6.45) is 0. The molecule has 1 aliphatic rings. The third-order valence-corrected chi connectivity index (χ3v) is 3.31. The molecule has 0 aromatic carbocycles. The number of hydrogen-bond acceptors (Lipinski definition) is 5. The molecule has 0 radical (unpaired) electrons. The van der Waals surface area contributed by atoms with Crippen molar-refractivity contribution in [1.29, 1.82) is 0 Å². The summed E-state index contributed by atoms with van der Waals surface area (Å²) in [6, 6.07) is -0.492. The Labute approximate surface area is 117 Å². The van der Waals surface area contributed by atoms with E-state index in [2.05, 4.69) is 15.5 Å². The van der Waals surface area contributed by atoms with Crippen molar-refractivity contribution in [1.82, 2.24) is 25.2 Å². The number of amides is 2. The number of urea groups is 1. The first-order valence-corrected chi connectivity index (χ1v) is 6.79. The summed E-state index contributed by atoms with van der Waals surface area (Å²) in [5.74, 6) is 0. The maximum atomic E-state index is 12.1.